The Balaban J connectivity index is 2.31. The van der Waals surface area contributed by atoms with Crippen LogP contribution in [0.4, 0.5) is 5.69 Å². The Bertz CT molecular complexity index is 508. The predicted octanol–water partition coefficient (Wildman–Crippen LogP) is 1.14. The number of hydrogen-bond acceptors (Lipinski definition) is 4. The van der Waals surface area contributed by atoms with E-state index in [1.54, 1.807) is 18.2 Å². The normalized spacial score (nSPS) is 20.3. The molecule has 100 valence electrons. The van der Waals surface area contributed by atoms with Crippen molar-refractivity contribution in [2.45, 2.75) is 17.4 Å². The Morgan fingerprint density at radius 1 is 1.33 bits per heavy atom. The monoisotopic (exact) mass is 270 g/mol. The summed E-state index contributed by atoms with van der Waals surface area (Å²) < 4.78 is 30.9. The van der Waals surface area contributed by atoms with Gasteiger partial charge in [-0.3, -0.25) is 0 Å². The van der Waals surface area contributed by atoms with Crippen molar-refractivity contribution >= 4 is 15.7 Å². The second-order valence-electron chi connectivity index (χ2n) is 4.49. The van der Waals surface area contributed by atoms with Gasteiger partial charge >= 0.3 is 0 Å². The van der Waals surface area contributed by atoms with Crippen molar-refractivity contribution in [3.63, 3.8) is 0 Å². The molecular weight excluding hydrogens is 252 g/mol. The molecule has 0 radical (unpaired) electrons. The van der Waals surface area contributed by atoms with Gasteiger partial charge in [-0.1, -0.05) is 12.1 Å². The van der Waals surface area contributed by atoms with Gasteiger partial charge in [-0.05, 0) is 18.6 Å². The highest BCUT2D eigenvalue weighted by Crippen LogP contribution is 2.24. The van der Waals surface area contributed by atoms with Crippen molar-refractivity contribution in [2.24, 2.45) is 0 Å². The molecule has 1 saturated heterocycles. The molecule has 0 aliphatic carbocycles. The number of anilines is 1. The molecule has 1 fully saturated rings. The fourth-order valence-corrected chi connectivity index (χ4v) is 2.92. The Morgan fingerprint density at radius 2 is 2.06 bits per heavy atom. The van der Waals surface area contributed by atoms with E-state index < -0.39 is 10.0 Å². The molecule has 0 aromatic heterocycles. The van der Waals surface area contributed by atoms with Gasteiger partial charge in [0.05, 0.1) is 18.3 Å². The van der Waals surface area contributed by atoms with Crippen LogP contribution < -0.4 is 5.32 Å². The molecular formula is C12H18N2O3S. The zero-order valence-electron chi connectivity index (χ0n) is 10.6. The molecule has 6 heteroatoms. The van der Waals surface area contributed by atoms with Gasteiger partial charge in [-0.15, -0.1) is 0 Å². The first kappa shape index (κ1) is 13.3. The predicted molar refractivity (Wildman–Crippen MR) is 70.2 cm³/mol. The van der Waals surface area contributed by atoms with Crippen LogP contribution in [0.15, 0.2) is 29.2 Å². The quantitative estimate of drug-likeness (QED) is 0.891. The van der Waals surface area contributed by atoms with E-state index in [9.17, 15) is 8.42 Å². The Hall–Kier alpha value is -1.11. The molecule has 1 aliphatic rings. The summed E-state index contributed by atoms with van der Waals surface area (Å²) in [4.78, 5) is 0.307. The van der Waals surface area contributed by atoms with Gasteiger partial charge in [0.15, 0.2) is 0 Å². The maximum absolute atomic E-state index is 12.2. The molecule has 0 saturated carbocycles. The van der Waals surface area contributed by atoms with E-state index in [-0.39, 0.29) is 6.04 Å². The van der Waals surface area contributed by atoms with Crippen LogP contribution in [-0.2, 0) is 14.8 Å². The van der Waals surface area contributed by atoms with Crippen LogP contribution in [0.25, 0.3) is 0 Å². The second-order valence-corrected chi connectivity index (χ2v) is 6.61. The Morgan fingerprint density at radius 3 is 2.67 bits per heavy atom. The zero-order chi connectivity index (χ0) is 13.2. The fourth-order valence-electron chi connectivity index (χ4n) is 1.88. The van der Waals surface area contributed by atoms with Crippen LogP contribution in [0, 0.1) is 0 Å². The molecule has 0 bridgehead atoms. The van der Waals surface area contributed by atoms with Crippen molar-refractivity contribution in [1.82, 2.24) is 4.31 Å². The van der Waals surface area contributed by atoms with Gasteiger partial charge in [-0.2, -0.15) is 0 Å². The summed E-state index contributed by atoms with van der Waals surface area (Å²) in [7, 11) is -0.354. The topological polar surface area (TPSA) is 58.6 Å². The van der Waals surface area contributed by atoms with Crippen LogP contribution in [0.5, 0.6) is 0 Å². The van der Waals surface area contributed by atoms with Gasteiger partial charge < -0.3 is 10.1 Å². The molecule has 2 rings (SSSR count). The fraction of sp³-hybridized carbons (Fsp3) is 0.500. The van der Waals surface area contributed by atoms with Gasteiger partial charge in [-0.25, -0.2) is 12.7 Å². The van der Waals surface area contributed by atoms with Crippen molar-refractivity contribution in [1.29, 1.82) is 0 Å². The number of para-hydroxylation sites is 1. The van der Waals surface area contributed by atoms with Crippen molar-refractivity contribution in [3.8, 4) is 0 Å². The highest BCUT2D eigenvalue weighted by atomic mass is 32.2. The smallest absolute Gasteiger partial charge is 0.244 e. The number of hydrogen-bond donors (Lipinski definition) is 1. The van der Waals surface area contributed by atoms with Crippen molar-refractivity contribution in [2.75, 3.05) is 32.6 Å². The summed E-state index contributed by atoms with van der Waals surface area (Å²) in [5, 5.41) is 3.24. The highest BCUT2D eigenvalue weighted by Gasteiger charge is 2.23. The first-order valence-electron chi connectivity index (χ1n) is 5.87. The van der Waals surface area contributed by atoms with Crippen LogP contribution >= 0.6 is 0 Å². The van der Waals surface area contributed by atoms with Crippen LogP contribution in [0.2, 0.25) is 0 Å². The molecule has 1 atom stereocenters. The number of nitrogens with zero attached hydrogens (tertiary/aromatic N) is 1. The largest absolute Gasteiger partial charge is 0.379 e. The number of rotatable bonds is 4. The Kier molecular flexibility index (Phi) is 3.89. The van der Waals surface area contributed by atoms with Crippen LogP contribution in [0.1, 0.15) is 6.42 Å². The van der Waals surface area contributed by atoms with Gasteiger partial charge in [0, 0.05) is 20.7 Å². The number of ether oxygens (including phenoxy) is 1. The summed E-state index contributed by atoms with van der Waals surface area (Å²) >= 11 is 0. The minimum absolute atomic E-state index is 0.184. The Labute approximate surface area is 108 Å². The summed E-state index contributed by atoms with van der Waals surface area (Å²) in [5.41, 5.74) is 0.640. The van der Waals surface area contributed by atoms with Gasteiger partial charge in [0.1, 0.15) is 4.90 Å². The van der Waals surface area contributed by atoms with Gasteiger partial charge in [0.2, 0.25) is 10.0 Å². The van der Waals surface area contributed by atoms with Crippen molar-refractivity contribution in [3.05, 3.63) is 24.3 Å². The number of sulfonamides is 1. The molecule has 1 N–H and O–H groups in total. The molecule has 18 heavy (non-hydrogen) atoms. The second kappa shape index (κ2) is 5.26. The van der Waals surface area contributed by atoms with E-state index in [0.717, 1.165) is 13.0 Å². The average Bonchev–Trinajstić information content (AvgIpc) is 2.82. The lowest BCUT2D eigenvalue weighted by atomic mass is 10.2. The van der Waals surface area contributed by atoms with E-state index >= 15 is 0 Å². The first-order valence-corrected chi connectivity index (χ1v) is 7.31. The van der Waals surface area contributed by atoms with E-state index in [1.807, 2.05) is 6.07 Å². The number of benzene rings is 1. The van der Waals surface area contributed by atoms with E-state index in [2.05, 4.69) is 5.32 Å². The third kappa shape index (κ3) is 2.66. The molecule has 5 nitrogen and oxygen atoms in total. The minimum Gasteiger partial charge on any atom is -0.379 e. The summed E-state index contributed by atoms with van der Waals surface area (Å²) in [6.07, 6.45) is 0.899. The standard InChI is InChI=1S/C12H18N2O3S/c1-14(2)18(15,16)12-6-4-3-5-11(12)13-10-7-8-17-9-10/h3-6,10,13H,7-9H2,1-2H3. The molecule has 0 amide bonds. The van der Waals surface area contributed by atoms with E-state index in [1.165, 1.54) is 18.4 Å². The molecule has 1 unspecified atom stereocenters. The summed E-state index contributed by atoms with van der Waals surface area (Å²) in [6.45, 7) is 1.34. The number of nitrogens with one attached hydrogen (secondary N) is 1. The zero-order valence-corrected chi connectivity index (χ0v) is 11.4. The lowest BCUT2D eigenvalue weighted by Crippen LogP contribution is -2.25. The van der Waals surface area contributed by atoms with Crippen molar-refractivity contribution < 1.29 is 13.2 Å². The summed E-state index contributed by atoms with van der Waals surface area (Å²) in [6, 6.07) is 7.14. The molecule has 1 aliphatic heterocycles. The maximum atomic E-state index is 12.2. The third-order valence-electron chi connectivity index (χ3n) is 2.93. The molecule has 1 aromatic carbocycles. The van der Waals surface area contributed by atoms with Crippen LogP contribution in [0.3, 0.4) is 0 Å². The van der Waals surface area contributed by atoms with E-state index in [4.69, 9.17) is 4.74 Å². The van der Waals surface area contributed by atoms with E-state index in [0.29, 0.717) is 17.2 Å². The van der Waals surface area contributed by atoms with Gasteiger partial charge in [0.25, 0.3) is 0 Å². The average molecular weight is 270 g/mol. The minimum atomic E-state index is -3.42. The third-order valence-corrected chi connectivity index (χ3v) is 4.81. The first-order chi connectivity index (χ1) is 8.51. The summed E-state index contributed by atoms with van der Waals surface area (Å²) in [5.74, 6) is 0. The lowest BCUT2D eigenvalue weighted by Gasteiger charge is -2.18. The highest BCUT2D eigenvalue weighted by molar-refractivity contribution is 7.89. The van der Waals surface area contributed by atoms with Crippen LogP contribution in [-0.4, -0.2) is 46.1 Å². The maximum Gasteiger partial charge on any atom is 0.244 e. The molecule has 1 heterocycles. The SMILES string of the molecule is CN(C)S(=O)(=O)c1ccccc1NC1CCOC1. The lowest BCUT2D eigenvalue weighted by molar-refractivity contribution is 0.195. The molecule has 0 spiro atoms. The molecule has 1 aromatic rings.